The topological polar surface area (TPSA) is 106 Å². The van der Waals surface area contributed by atoms with Crippen LogP contribution in [0.3, 0.4) is 0 Å². The zero-order valence-corrected chi connectivity index (χ0v) is 25.8. The van der Waals surface area contributed by atoms with Gasteiger partial charge in [0.1, 0.15) is 11.8 Å². The first-order chi connectivity index (χ1) is 21.9. The first-order valence-corrected chi connectivity index (χ1v) is 17.1. The molecular formula is C35H37N3O6S. The predicted molar refractivity (Wildman–Crippen MR) is 171 cm³/mol. The van der Waals surface area contributed by atoms with Gasteiger partial charge < -0.3 is 19.5 Å². The molecule has 45 heavy (non-hydrogen) atoms. The summed E-state index contributed by atoms with van der Waals surface area (Å²) in [7, 11) is -4.03. The largest absolute Gasteiger partial charge is 0.493 e. The Labute approximate surface area is 263 Å². The fraction of sp³-hybridized carbons (Fsp3) is 0.343. The lowest BCUT2D eigenvalue weighted by Crippen LogP contribution is -2.49. The predicted octanol–water partition coefficient (Wildman–Crippen LogP) is 5.30. The maximum atomic E-state index is 13.7. The SMILES string of the molecule is O=C(CC(NS(=O)(=O)c1ccc2ccccc2c1)C1Oc2ccccc2O1)NC1CCOc2cc(CN3CCCCC3)ccc21. The standard InChI is InChI=1S/C35H37N3O6S/c39-34(36-29-16-19-42-33-20-24(12-15-28(29)33)23-38-17-6-1-7-18-38)22-30(35-43-31-10-4-5-11-32(31)44-35)37-45(40,41)27-14-13-25-8-2-3-9-26(25)21-27/h2-5,8-15,20-21,29-30,35,37H,1,6-7,16-19,22-23H2,(H,36,39). The number of benzene rings is 4. The van der Waals surface area contributed by atoms with E-state index in [-0.39, 0.29) is 23.3 Å². The van der Waals surface area contributed by atoms with Crippen LogP contribution in [0, 0.1) is 0 Å². The van der Waals surface area contributed by atoms with E-state index >= 15 is 0 Å². The molecule has 7 rings (SSSR count). The number of nitrogens with one attached hydrogen (secondary N) is 2. The second kappa shape index (κ2) is 12.7. The van der Waals surface area contributed by atoms with Gasteiger partial charge in [0.25, 0.3) is 6.29 Å². The lowest BCUT2D eigenvalue weighted by molar-refractivity contribution is -0.123. The Bertz CT molecular complexity index is 1780. The van der Waals surface area contributed by atoms with Crippen molar-refractivity contribution >= 4 is 26.7 Å². The van der Waals surface area contributed by atoms with Crippen molar-refractivity contribution in [3.63, 3.8) is 0 Å². The van der Waals surface area contributed by atoms with E-state index in [1.54, 1.807) is 30.3 Å². The maximum Gasteiger partial charge on any atom is 0.258 e. The van der Waals surface area contributed by atoms with Crippen molar-refractivity contribution in [2.45, 2.75) is 61.9 Å². The van der Waals surface area contributed by atoms with Crippen molar-refractivity contribution in [2.75, 3.05) is 19.7 Å². The van der Waals surface area contributed by atoms with E-state index in [2.05, 4.69) is 27.1 Å². The lowest BCUT2D eigenvalue weighted by Gasteiger charge is -2.30. The quantitative estimate of drug-likeness (QED) is 0.260. The molecule has 3 heterocycles. The normalized spacial score (nSPS) is 19.1. The number of rotatable bonds is 9. The number of amides is 1. The van der Waals surface area contributed by atoms with Crippen LogP contribution in [0.5, 0.6) is 17.2 Å². The lowest BCUT2D eigenvalue weighted by atomic mass is 9.98. The molecule has 4 aromatic carbocycles. The second-order valence-electron chi connectivity index (χ2n) is 12.0. The molecule has 0 radical (unpaired) electrons. The minimum absolute atomic E-state index is 0.0980. The summed E-state index contributed by atoms with van der Waals surface area (Å²) in [5, 5.41) is 4.86. The zero-order valence-electron chi connectivity index (χ0n) is 25.0. The number of sulfonamides is 1. The molecule has 9 nitrogen and oxygen atoms in total. The number of ether oxygens (including phenoxy) is 3. The van der Waals surface area contributed by atoms with Gasteiger partial charge in [-0.3, -0.25) is 9.69 Å². The minimum Gasteiger partial charge on any atom is -0.493 e. The van der Waals surface area contributed by atoms with Crippen LogP contribution in [0.25, 0.3) is 10.8 Å². The van der Waals surface area contributed by atoms with Crippen molar-refractivity contribution in [3.05, 3.63) is 96.1 Å². The Morgan fingerprint density at radius 3 is 2.36 bits per heavy atom. The van der Waals surface area contributed by atoms with Crippen molar-refractivity contribution in [2.24, 2.45) is 0 Å². The summed E-state index contributed by atoms with van der Waals surface area (Å²) in [5.74, 6) is 1.46. The average molecular weight is 628 g/mol. The maximum absolute atomic E-state index is 13.7. The second-order valence-corrected chi connectivity index (χ2v) is 13.7. The summed E-state index contributed by atoms with van der Waals surface area (Å²) < 4.78 is 48.0. The van der Waals surface area contributed by atoms with Crippen molar-refractivity contribution in [3.8, 4) is 17.2 Å². The number of carbonyl (C=O) groups is 1. The molecule has 4 aromatic rings. The summed E-state index contributed by atoms with van der Waals surface area (Å²) in [6, 6.07) is 24.6. The summed E-state index contributed by atoms with van der Waals surface area (Å²) in [5.41, 5.74) is 2.12. The van der Waals surface area contributed by atoms with Gasteiger partial charge in [0, 0.05) is 18.5 Å². The fourth-order valence-corrected chi connectivity index (χ4v) is 7.65. The highest BCUT2D eigenvalue weighted by Gasteiger charge is 2.37. The molecule has 0 aliphatic carbocycles. The van der Waals surface area contributed by atoms with E-state index in [1.807, 2.05) is 42.5 Å². The number of carbonyl (C=O) groups excluding carboxylic acids is 1. The molecule has 1 fully saturated rings. The number of hydrogen-bond acceptors (Lipinski definition) is 7. The van der Waals surface area contributed by atoms with Gasteiger partial charge in [0.05, 0.1) is 24.0 Å². The number of para-hydroxylation sites is 2. The minimum atomic E-state index is -4.03. The van der Waals surface area contributed by atoms with Crippen LogP contribution in [-0.4, -0.2) is 51.3 Å². The van der Waals surface area contributed by atoms with Gasteiger partial charge in [0.2, 0.25) is 15.9 Å². The van der Waals surface area contributed by atoms with E-state index in [9.17, 15) is 13.2 Å². The Hall–Kier alpha value is -4.12. The van der Waals surface area contributed by atoms with Gasteiger partial charge in [-0.25, -0.2) is 13.1 Å². The molecule has 2 atom stereocenters. The van der Waals surface area contributed by atoms with Crippen LogP contribution in [0.15, 0.2) is 89.8 Å². The number of fused-ring (bicyclic) bond motifs is 3. The highest BCUT2D eigenvalue weighted by molar-refractivity contribution is 7.89. The van der Waals surface area contributed by atoms with Crippen molar-refractivity contribution in [1.82, 2.24) is 14.9 Å². The molecule has 0 spiro atoms. The molecule has 0 saturated carbocycles. The van der Waals surface area contributed by atoms with E-state index in [0.717, 1.165) is 41.7 Å². The summed E-state index contributed by atoms with van der Waals surface area (Å²) in [6.45, 7) is 3.59. The van der Waals surface area contributed by atoms with Crippen LogP contribution in [-0.2, 0) is 21.4 Å². The third-order valence-corrected chi connectivity index (χ3v) is 10.2. The third-order valence-electron chi connectivity index (χ3n) is 8.71. The number of hydrogen-bond donors (Lipinski definition) is 2. The van der Waals surface area contributed by atoms with Crippen LogP contribution in [0.1, 0.15) is 49.3 Å². The summed E-state index contributed by atoms with van der Waals surface area (Å²) in [6.07, 6.45) is 3.16. The van der Waals surface area contributed by atoms with E-state index in [4.69, 9.17) is 14.2 Å². The highest BCUT2D eigenvalue weighted by Crippen LogP contribution is 2.36. The van der Waals surface area contributed by atoms with E-state index in [1.165, 1.54) is 24.8 Å². The molecule has 0 bridgehead atoms. The Balaban J connectivity index is 1.08. The number of likely N-dealkylation sites (tertiary alicyclic amines) is 1. The number of nitrogens with zero attached hydrogens (tertiary/aromatic N) is 1. The van der Waals surface area contributed by atoms with Crippen LogP contribution >= 0.6 is 0 Å². The molecule has 3 aliphatic rings. The molecule has 10 heteroatoms. The van der Waals surface area contributed by atoms with Gasteiger partial charge in [-0.2, -0.15) is 0 Å². The fourth-order valence-electron chi connectivity index (χ4n) is 6.39. The molecule has 234 valence electrons. The molecule has 1 saturated heterocycles. The first-order valence-electron chi connectivity index (χ1n) is 15.6. The Kier molecular flexibility index (Phi) is 8.35. The zero-order chi connectivity index (χ0) is 30.8. The molecule has 1 amide bonds. The first kappa shape index (κ1) is 29.6. The van der Waals surface area contributed by atoms with Crippen molar-refractivity contribution in [1.29, 1.82) is 0 Å². The molecule has 2 unspecified atom stereocenters. The Morgan fingerprint density at radius 1 is 0.844 bits per heavy atom. The van der Waals surface area contributed by atoms with Gasteiger partial charge >= 0.3 is 0 Å². The smallest absolute Gasteiger partial charge is 0.258 e. The van der Waals surface area contributed by atoms with Crippen molar-refractivity contribution < 1.29 is 27.4 Å². The summed E-state index contributed by atoms with van der Waals surface area (Å²) in [4.78, 5) is 16.2. The van der Waals surface area contributed by atoms with Gasteiger partial charge in [-0.1, -0.05) is 61.0 Å². The van der Waals surface area contributed by atoms with Crippen LogP contribution < -0.4 is 24.2 Å². The molecular weight excluding hydrogens is 590 g/mol. The molecule has 3 aliphatic heterocycles. The van der Waals surface area contributed by atoms with Gasteiger partial charge in [-0.05, 0) is 72.6 Å². The number of piperidine rings is 1. The van der Waals surface area contributed by atoms with E-state index in [0.29, 0.717) is 24.5 Å². The summed E-state index contributed by atoms with van der Waals surface area (Å²) >= 11 is 0. The van der Waals surface area contributed by atoms with Crippen LogP contribution in [0.4, 0.5) is 0 Å². The van der Waals surface area contributed by atoms with E-state index < -0.39 is 22.4 Å². The third kappa shape index (κ3) is 6.63. The molecule has 2 N–H and O–H groups in total. The average Bonchev–Trinajstić information content (AvgIpc) is 3.49. The monoisotopic (exact) mass is 627 g/mol. The van der Waals surface area contributed by atoms with Gasteiger partial charge in [-0.15, -0.1) is 0 Å². The highest BCUT2D eigenvalue weighted by atomic mass is 32.2. The van der Waals surface area contributed by atoms with Crippen LogP contribution in [0.2, 0.25) is 0 Å². The van der Waals surface area contributed by atoms with Gasteiger partial charge in [0.15, 0.2) is 11.5 Å². The molecule has 0 aromatic heterocycles. The Morgan fingerprint density at radius 2 is 1.58 bits per heavy atom.